The van der Waals surface area contributed by atoms with Crippen LogP contribution in [0, 0.1) is 17.1 Å². The molecule has 1 aliphatic rings. The van der Waals surface area contributed by atoms with Crippen molar-refractivity contribution in [1.82, 2.24) is 4.90 Å². The third kappa shape index (κ3) is 3.64. The monoisotopic (exact) mass is 344 g/mol. The Hall–Kier alpha value is -2.23. The lowest BCUT2D eigenvalue weighted by molar-refractivity contribution is 0.204. The Morgan fingerprint density at radius 3 is 2.62 bits per heavy atom. The van der Waals surface area contributed by atoms with E-state index in [0.29, 0.717) is 18.7 Å². The topological polar surface area (TPSA) is 61.2 Å². The van der Waals surface area contributed by atoms with Gasteiger partial charge in [-0.05, 0) is 17.7 Å². The maximum Gasteiger partial charge on any atom is 0.153 e. The molecule has 0 aliphatic carbocycles. The highest BCUT2D eigenvalue weighted by atomic mass is 32.2. The molecule has 1 saturated heterocycles. The van der Waals surface area contributed by atoms with Crippen LogP contribution in [-0.2, 0) is 16.4 Å². The van der Waals surface area contributed by atoms with Crippen molar-refractivity contribution in [3.05, 3.63) is 71.0 Å². The number of halogens is 1. The highest BCUT2D eigenvalue weighted by Gasteiger charge is 2.32. The van der Waals surface area contributed by atoms with Crippen LogP contribution < -0.4 is 0 Å². The highest BCUT2D eigenvalue weighted by molar-refractivity contribution is 7.91. The van der Waals surface area contributed by atoms with Crippen LogP contribution in [0.3, 0.4) is 0 Å². The Balaban J connectivity index is 1.89. The molecular weight excluding hydrogens is 327 g/mol. The lowest BCUT2D eigenvalue weighted by Gasteiger charge is -2.35. The number of rotatable bonds is 3. The fraction of sp³-hybridized carbons (Fsp3) is 0.278. The number of sulfone groups is 1. The number of hydrogen-bond acceptors (Lipinski definition) is 4. The van der Waals surface area contributed by atoms with Gasteiger partial charge in [0, 0.05) is 24.7 Å². The zero-order valence-electron chi connectivity index (χ0n) is 13.0. The van der Waals surface area contributed by atoms with Gasteiger partial charge >= 0.3 is 0 Å². The summed E-state index contributed by atoms with van der Waals surface area (Å²) in [5.41, 5.74) is 1.65. The normalized spacial score (nSPS) is 20.4. The lowest BCUT2D eigenvalue weighted by atomic mass is 10.0. The van der Waals surface area contributed by atoms with Crippen LogP contribution in [0.5, 0.6) is 0 Å². The average molecular weight is 344 g/mol. The van der Waals surface area contributed by atoms with Crippen LogP contribution >= 0.6 is 0 Å². The Morgan fingerprint density at radius 2 is 1.96 bits per heavy atom. The summed E-state index contributed by atoms with van der Waals surface area (Å²) in [6.45, 7) is 0.675. The van der Waals surface area contributed by atoms with E-state index in [9.17, 15) is 12.8 Å². The van der Waals surface area contributed by atoms with Crippen molar-refractivity contribution in [2.24, 2.45) is 0 Å². The summed E-state index contributed by atoms with van der Waals surface area (Å²) in [7, 11) is -3.10. The first-order valence-corrected chi connectivity index (χ1v) is 9.48. The van der Waals surface area contributed by atoms with Crippen LogP contribution in [0.4, 0.5) is 4.39 Å². The summed E-state index contributed by atoms with van der Waals surface area (Å²) in [5.74, 6) is -0.322. The number of benzene rings is 2. The van der Waals surface area contributed by atoms with Crippen LogP contribution in [-0.4, -0.2) is 31.4 Å². The van der Waals surface area contributed by atoms with Gasteiger partial charge < -0.3 is 0 Å². The van der Waals surface area contributed by atoms with E-state index in [0.717, 1.165) is 5.56 Å². The molecule has 24 heavy (non-hydrogen) atoms. The van der Waals surface area contributed by atoms with Gasteiger partial charge in [0.05, 0.1) is 23.1 Å². The molecule has 0 spiro atoms. The minimum absolute atomic E-state index is 0.0366. The smallest absolute Gasteiger partial charge is 0.153 e. The van der Waals surface area contributed by atoms with Crippen molar-refractivity contribution in [3.63, 3.8) is 0 Å². The van der Waals surface area contributed by atoms with E-state index in [1.165, 1.54) is 6.07 Å². The van der Waals surface area contributed by atoms with E-state index >= 15 is 0 Å². The minimum Gasteiger partial charge on any atom is -0.290 e. The highest BCUT2D eigenvalue weighted by Crippen LogP contribution is 2.28. The van der Waals surface area contributed by atoms with Crippen molar-refractivity contribution in [2.75, 3.05) is 18.1 Å². The molecule has 1 aliphatic heterocycles. The molecule has 0 aromatic heterocycles. The molecule has 1 heterocycles. The summed E-state index contributed by atoms with van der Waals surface area (Å²) < 4.78 is 38.3. The van der Waals surface area contributed by atoms with E-state index in [-0.39, 0.29) is 23.1 Å². The molecule has 0 bridgehead atoms. The Labute approximate surface area is 141 Å². The molecule has 0 radical (unpaired) electrons. The zero-order valence-corrected chi connectivity index (χ0v) is 13.8. The largest absolute Gasteiger partial charge is 0.290 e. The van der Waals surface area contributed by atoms with E-state index in [1.54, 1.807) is 12.1 Å². The fourth-order valence-corrected chi connectivity index (χ4v) is 4.54. The van der Waals surface area contributed by atoms with Crippen LogP contribution in [0.15, 0.2) is 48.5 Å². The summed E-state index contributed by atoms with van der Waals surface area (Å²) in [4.78, 5) is 1.99. The molecule has 2 aromatic carbocycles. The van der Waals surface area contributed by atoms with Gasteiger partial charge in [-0.15, -0.1) is 0 Å². The first-order chi connectivity index (χ1) is 11.5. The predicted octanol–water partition coefficient (Wildman–Crippen LogP) is 2.67. The van der Waals surface area contributed by atoms with Gasteiger partial charge in [0.1, 0.15) is 5.82 Å². The van der Waals surface area contributed by atoms with Gasteiger partial charge in [-0.25, -0.2) is 12.8 Å². The van der Waals surface area contributed by atoms with Crippen LogP contribution in [0.2, 0.25) is 0 Å². The van der Waals surface area contributed by atoms with Crippen LogP contribution in [0.1, 0.15) is 22.7 Å². The molecule has 2 aromatic rings. The van der Waals surface area contributed by atoms with Gasteiger partial charge in [-0.1, -0.05) is 36.4 Å². The van der Waals surface area contributed by atoms with Gasteiger partial charge in [0.15, 0.2) is 9.84 Å². The van der Waals surface area contributed by atoms with Crippen molar-refractivity contribution >= 4 is 9.84 Å². The number of hydrogen-bond donors (Lipinski definition) is 0. The van der Waals surface area contributed by atoms with E-state index in [2.05, 4.69) is 0 Å². The van der Waals surface area contributed by atoms with Gasteiger partial charge in [0.2, 0.25) is 0 Å². The summed E-state index contributed by atoms with van der Waals surface area (Å²) >= 11 is 0. The Morgan fingerprint density at radius 1 is 1.21 bits per heavy atom. The molecular formula is C18H17FN2O2S. The molecule has 0 saturated carbocycles. The SMILES string of the molecule is N#Cc1ccc(CN2CCS(=O)(=O)C[C@@H]2c2ccccc2)c(F)c1. The number of nitrogens with zero attached hydrogens (tertiary/aromatic N) is 2. The summed E-state index contributed by atoms with van der Waals surface area (Å²) in [5, 5.41) is 8.83. The Kier molecular flexibility index (Phi) is 4.65. The van der Waals surface area contributed by atoms with E-state index in [4.69, 9.17) is 5.26 Å². The first-order valence-electron chi connectivity index (χ1n) is 7.66. The molecule has 0 amide bonds. The maximum absolute atomic E-state index is 14.2. The molecule has 1 atom stereocenters. The quantitative estimate of drug-likeness (QED) is 0.859. The van der Waals surface area contributed by atoms with Crippen molar-refractivity contribution < 1.29 is 12.8 Å². The molecule has 0 N–H and O–H groups in total. The van der Waals surface area contributed by atoms with Crippen molar-refractivity contribution in [3.8, 4) is 6.07 Å². The van der Waals surface area contributed by atoms with Gasteiger partial charge in [-0.2, -0.15) is 5.26 Å². The second-order valence-corrected chi connectivity index (χ2v) is 8.16. The van der Waals surface area contributed by atoms with Gasteiger partial charge in [-0.3, -0.25) is 4.90 Å². The molecule has 3 rings (SSSR count). The van der Waals surface area contributed by atoms with E-state index < -0.39 is 15.7 Å². The number of nitriles is 1. The standard InChI is InChI=1S/C18H17FN2O2S/c19-17-10-14(11-20)6-7-16(17)12-21-8-9-24(22,23)13-18(21)15-4-2-1-3-5-15/h1-7,10,18H,8-9,12-13H2/t18-/m1/s1. The third-order valence-corrected chi connectivity index (χ3v) is 5.91. The molecule has 1 fully saturated rings. The summed E-state index contributed by atoms with van der Waals surface area (Å²) in [6, 6.07) is 15.4. The predicted molar refractivity (Wildman–Crippen MR) is 89.4 cm³/mol. The molecule has 124 valence electrons. The maximum atomic E-state index is 14.2. The second kappa shape index (κ2) is 6.71. The van der Waals surface area contributed by atoms with Crippen molar-refractivity contribution in [2.45, 2.75) is 12.6 Å². The van der Waals surface area contributed by atoms with Crippen LogP contribution in [0.25, 0.3) is 0 Å². The van der Waals surface area contributed by atoms with Crippen molar-refractivity contribution in [1.29, 1.82) is 5.26 Å². The minimum atomic E-state index is -3.10. The summed E-state index contributed by atoms with van der Waals surface area (Å²) in [6.07, 6.45) is 0. The van der Waals surface area contributed by atoms with Gasteiger partial charge in [0.25, 0.3) is 0 Å². The second-order valence-electron chi connectivity index (χ2n) is 5.93. The fourth-order valence-electron chi connectivity index (χ4n) is 2.98. The average Bonchev–Trinajstić information content (AvgIpc) is 2.58. The molecule has 4 nitrogen and oxygen atoms in total. The van der Waals surface area contributed by atoms with E-state index in [1.807, 2.05) is 41.3 Å². The first kappa shape index (κ1) is 16.6. The molecule has 6 heteroatoms. The third-order valence-electron chi connectivity index (χ3n) is 4.28. The molecule has 0 unspecified atom stereocenters. The zero-order chi connectivity index (χ0) is 17.2. The lowest BCUT2D eigenvalue weighted by Crippen LogP contribution is -2.42. The Bertz CT molecular complexity index is 876.